The van der Waals surface area contributed by atoms with Gasteiger partial charge in [0.1, 0.15) is 5.78 Å². The molecule has 0 aromatic rings. The van der Waals surface area contributed by atoms with Gasteiger partial charge in [0.2, 0.25) is 0 Å². The molecule has 0 amide bonds. The van der Waals surface area contributed by atoms with Crippen molar-refractivity contribution in [2.45, 2.75) is 220 Å². The van der Waals surface area contributed by atoms with Crippen LogP contribution in [0, 0.1) is 11.8 Å². The van der Waals surface area contributed by atoms with Gasteiger partial charge in [-0.05, 0) is 56.8 Å². The van der Waals surface area contributed by atoms with Crippen LogP contribution in [0.1, 0.15) is 220 Å². The van der Waals surface area contributed by atoms with Crippen LogP contribution in [-0.4, -0.2) is 30.9 Å². The molecule has 5 nitrogen and oxygen atoms in total. The molecule has 0 saturated carbocycles. The second-order valence-corrected chi connectivity index (χ2v) is 14.5. The minimum absolute atomic E-state index is 0.0470. The summed E-state index contributed by atoms with van der Waals surface area (Å²) in [6, 6.07) is 0. The lowest BCUT2D eigenvalue weighted by Gasteiger charge is -2.17. The quantitative estimate of drug-likeness (QED) is 0.0498. The number of hydrogen-bond donors (Lipinski definition) is 0. The topological polar surface area (TPSA) is 69.7 Å². The average molecular weight is 651 g/mol. The number of carbonyl (C=O) groups is 3. The number of rotatable bonds is 36. The van der Waals surface area contributed by atoms with Crippen molar-refractivity contribution in [2.24, 2.45) is 11.8 Å². The summed E-state index contributed by atoms with van der Waals surface area (Å²) in [6.07, 6.45) is 32.3. The Bertz CT molecular complexity index is 674. The van der Waals surface area contributed by atoms with Gasteiger partial charge < -0.3 is 9.47 Å². The minimum atomic E-state index is -0.0744. The largest absolute Gasteiger partial charge is 0.466 e. The van der Waals surface area contributed by atoms with Gasteiger partial charge in [0.05, 0.1) is 13.2 Å². The van der Waals surface area contributed by atoms with Gasteiger partial charge in [-0.2, -0.15) is 0 Å². The van der Waals surface area contributed by atoms with E-state index in [2.05, 4.69) is 27.7 Å². The second-order valence-electron chi connectivity index (χ2n) is 14.5. The van der Waals surface area contributed by atoms with Crippen molar-refractivity contribution >= 4 is 17.7 Å². The zero-order valence-corrected chi connectivity index (χ0v) is 31.3. The summed E-state index contributed by atoms with van der Waals surface area (Å²) in [5.41, 5.74) is 0. The molecular weight excluding hydrogens is 572 g/mol. The van der Waals surface area contributed by atoms with E-state index < -0.39 is 0 Å². The highest BCUT2D eigenvalue weighted by molar-refractivity contribution is 5.78. The first-order valence-electron chi connectivity index (χ1n) is 20.2. The zero-order valence-electron chi connectivity index (χ0n) is 31.3. The fourth-order valence-corrected chi connectivity index (χ4v) is 6.13. The van der Waals surface area contributed by atoms with E-state index in [0.29, 0.717) is 50.6 Å². The van der Waals surface area contributed by atoms with Gasteiger partial charge in [0, 0.05) is 25.7 Å². The Kier molecular flexibility index (Phi) is 33.9. The number of hydrogen-bond acceptors (Lipinski definition) is 5. The van der Waals surface area contributed by atoms with Crippen molar-refractivity contribution in [3.63, 3.8) is 0 Å². The van der Waals surface area contributed by atoms with Crippen LogP contribution in [0.3, 0.4) is 0 Å². The molecule has 0 unspecified atom stereocenters. The first-order valence-corrected chi connectivity index (χ1v) is 20.2. The summed E-state index contributed by atoms with van der Waals surface area (Å²) in [6.45, 7) is 10.2. The molecule has 0 aliphatic rings. The first kappa shape index (κ1) is 44.6. The molecule has 0 bridgehead atoms. The molecule has 0 radical (unpaired) electrons. The molecule has 0 fully saturated rings. The molecule has 0 atom stereocenters. The highest BCUT2D eigenvalue weighted by atomic mass is 16.5. The molecule has 0 aromatic heterocycles. The van der Waals surface area contributed by atoms with E-state index in [1.807, 2.05) is 0 Å². The third-order valence-corrected chi connectivity index (χ3v) is 9.27. The van der Waals surface area contributed by atoms with Gasteiger partial charge in [-0.15, -0.1) is 0 Å². The van der Waals surface area contributed by atoms with Crippen molar-refractivity contribution < 1.29 is 23.9 Å². The molecule has 0 spiro atoms. The van der Waals surface area contributed by atoms with Crippen LogP contribution in [0.25, 0.3) is 0 Å². The van der Waals surface area contributed by atoms with Gasteiger partial charge in [-0.1, -0.05) is 150 Å². The summed E-state index contributed by atoms with van der Waals surface area (Å²) in [4.78, 5) is 36.5. The Labute approximate surface area is 286 Å². The smallest absolute Gasteiger partial charge is 0.305 e. The maximum atomic E-state index is 12.4. The number of ether oxygens (including phenoxy) is 2. The number of carbonyl (C=O) groups excluding carboxylic acids is 3. The first-order chi connectivity index (χ1) is 22.4. The summed E-state index contributed by atoms with van der Waals surface area (Å²) in [7, 11) is 0. The molecule has 0 rings (SSSR count). The lowest BCUT2D eigenvalue weighted by atomic mass is 9.95. The highest BCUT2D eigenvalue weighted by Crippen LogP contribution is 2.20. The van der Waals surface area contributed by atoms with Crippen molar-refractivity contribution in [2.75, 3.05) is 13.2 Å². The van der Waals surface area contributed by atoms with Gasteiger partial charge in [0.25, 0.3) is 0 Å². The summed E-state index contributed by atoms with van der Waals surface area (Å²) >= 11 is 0. The minimum Gasteiger partial charge on any atom is -0.466 e. The third kappa shape index (κ3) is 34.0. The van der Waals surface area contributed by atoms with Gasteiger partial charge in [0.15, 0.2) is 0 Å². The van der Waals surface area contributed by atoms with Crippen molar-refractivity contribution in [3.05, 3.63) is 0 Å². The molecule has 0 heterocycles. The van der Waals surface area contributed by atoms with E-state index in [0.717, 1.165) is 70.1 Å². The van der Waals surface area contributed by atoms with Crippen molar-refractivity contribution in [1.82, 2.24) is 0 Å². The zero-order chi connectivity index (χ0) is 33.9. The molecular formula is C41H78O5. The summed E-state index contributed by atoms with van der Waals surface area (Å²) in [5, 5.41) is 0. The Morgan fingerprint density at radius 3 is 1.33 bits per heavy atom. The number of unbranched alkanes of at least 4 members (excludes halogenated alkanes) is 18. The van der Waals surface area contributed by atoms with E-state index in [1.165, 1.54) is 103 Å². The average Bonchev–Trinajstić information content (AvgIpc) is 3.03. The molecule has 5 heteroatoms. The molecule has 0 aliphatic carbocycles. The predicted octanol–water partition coefficient (Wildman–Crippen LogP) is 12.7. The van der Waals surface area contributed by atoms with Crippen LogP contribution in [0.2, 0.25) is 0 Å². The van der Waals surface area contributed by atoms with Crippen LogP contribution in [0.4, 0.5) is 0 Å². The lowest BCUT2D eigenvalue weighted by Crippen LogP contribution is -2.14. The predicted molar refractivity (Wildman–Crippen MR) is 195 cm³/mol. The van der Waals surface area contributed by atoms with E-state index in [-0.39, 0.29) is 11.9 Å². The number of ketones is 1. The Morgan fingerprint density at radius 2 is 0.826 bits per heavy atom. The third-order valence-electron chi connectivity index (χ3n) is 9.27. The van der Waals surface area contributed by atoms with Crippen molar-refractivity contribution in [1.29, 1.82) is 0 Å². The Balaban J connectivity index is 3.71. The SMILES string of the molecule is CCCCCCCC(CCCCCCC)COC(=O)CCCCCCC(=O)CCCCCCC(=O)OCCCCCCCC(C)C. The molecule has 0 aromatic carbocycles. The maximum Gasteiger partial charge on any atom is 0.305 e. The van der Waals surface area contributed by atoms with E-state index in [4.69, 9.17) is 9.47 Å². The second kappa shape index (κ2) is 34.9. The van der Waals surface area contributed by atoms with Crippen molar-refractivity contribution in [3.8, 4) is 0 Å². The molecule has 0 aliphatic heterocycles. The van der Waals surface area contributed by atoms with E-state index >= 15 is 0 Å². The van der Waals surface area contributed by atoms with Crippen LogP contribution in [0.15, 0.2) is 0 Å². The molecule has 0 N–H and O–H groups in total. The lowest BCUT2D eigenvalue weighted by molar-refractivity contribution is -0.145. The normalized spacial score (nSPS) is 11.4. The van der Waals surface area contributed by atoms with E-state index in [1.54, 1.807) is 0 Å². The molecule has 46 heavy (non-hydrogen) atoms. The van der Waals surface area contributed by atoms with Crippen LogP contribution in [0.5, 0.6) is 0 Å². The summed E-state index contributed by atoms with van der Waals surface area (Å²) < 4.78 is 11.1. The van der Waals surface area contributed by atoms with Crippen LogP contribution >= 0.6 is 0 Å². The fourth-order valence-electron chi connectivity index (χ4n) is 6.13. The van der Waals surface area contributed by atoms with E-state index in [9.17, 15) is 14.4 Å². The molecule has 272 valence electrons. The fraction of sp³-hybridized carbons (Fsp3) is 0.927. The number of esters is 2. The van der Waals surface area contributed by atoms with Crippen LogP contribution < -0.4 is 0 Å². The maximum absolute atomic E-state index is 12.4. The Hall–Kier alpha value is -1.39. The molecule has 0 saturated heterocycles. The number of Topliss-reactive ketones (excluding diaryl/α,β-unsaturated/α-hetero) is 1. The highest BCUT2D eigenvalue weighted by Gasteiger charge is 2.12. The van der Waals surface area contributed by atoms with Gasteiger partial charge in [-0.3, -0.25) is 14.4 Å². The van der Waals surface area contributed by atoms with Gasteiger partial charge >= 0.3 is 11.9 Å². The Morgan fingerprint density at radius 1 is 0.435 bits per heavy atom. The van der Waals surface area contributed by atoms with Gasteiger partial charge in [-0.25, -0.2) is 0 Å². The van der Waals surface area contributed by atoms with Crippen LogP contribution in [-0.2, 0) is 23.9 Å². The monoisotopic (exact) mass is 651 g/mol. The summed E-state index contributed by atoms with van der Waals surface area (Å²) in [5.74, 6) is 1.53. The standard InChI is InChI=1S/C41H78O5/c1-5-7-9-12-21-29-38(30-22-13-10-8-6-2)36-46-41(44)34-26-18-16-24-32-39(42)31-23-15-17-25-33-40(43)45-35-27-19-11-14-20-28-37(3)4/h37-38H,5-36H2,1-4H3.